The minimum Gasteiger partial charge on any atom is -1.00 e. The van der Waals surface area contributed by atoms with Crippen molar-refractivity contribution in [2.24, 2.45) is 12.2 Å². The summed E-state index contributed by atoms with van der Waals surface area (Å²) in [5, 5.41) is 22.4. The van der Waals surface area contributed by atoms with Gasteiger partial charge in [0.25, 0.3) is 11.8 Å². The number of fused-ring (bicyclic) bond motifs is 1. The van der Waals surface area contributed by atoms with E-state index in [0.717, 1.165) is 21.6 Å². The number of β-lactam (4-membered cyclic amide) rings is 1. The number of oxime groups is 1. The van der Waals surface area contributed by atoms with Crippen molar-refractivity contribution in [1.29, 1.82) is 0 Å². The Morgan fingerprint density at radius 2 is 1.46 bits per heavy atom. The summed E-state index contributed by atoms with van der Waals surface area (Å²) in [6, 6.07) is 32.7. The van der Waals surface area contributed by atoms with Gasteiger partial charge in [-0.05, 0) is 56.9 Å². The number of carboxylic acids is 1. The van der Waals surface area contributed by atoms with Crippen LogP contribution in [-0.4, -0.2) is 78.6 Å². The number of nitrogens with one attached hydrogen (secondary N) is 2. The first-order chi connectivity index (χ1) is 29.6. The third kappa shape index (κ3) is 10.3. The van der Waals surface area contributed by atoms with Crippen molar-refractivity contribution in [2.75, 3.05) is 16.8 Å². The molecular weight excluding hydrogens is 925 g/mol. The highest BCUT2D eigenvalue weighted by Gasteiger charge is 2.54. The first-order valence-electron chi connectivity index (χ1n) is 19.8. The molecule has 13 nitrogen and oxygen atoms in total. The Balaban J connectivity index is 0.00000661. The molecule has 328 valence electrons. The fraction of sp³-hybridized carbons (Fsp3) is 0.283. The molecule has 63 heavy (non-hydrogen) atoms. The molecule has 2 aliphatic heterocycles. The number of amides is 2. The molecule has 0 bridgehead atoms. The first kappa shape index (κ1) is 47.0. The minimum atomic E-state index is -1.63. The smallest absolute Gasteiger partial charge is 0.353 e. The Kier molecular flexibility index (Phi) is 14.5. The van der Waals surface area contributed by atoms with Crippen LogP contribution in [0.4, 0.5) is 5.13 Å². The fourth-order valence-electron chi connectivity index (χ4n) is 6.94. The fourth-order valence-corrected chi connectivity index (χ4v) is 10.1. The molecular formula is C46H47BrN6O7S3. The van der Waals surface area contributed by atoms with E-state index in [0.29, 0.717) is 22.2 Å². The average molecular weight is 972 g/mol. The van der Waals surface area contributed by atoms with Gasteiger partial charge in [0.05, 0.1) is 0 Å². The molecule has 2 aromatic heterocycles. The number of thiazole rings is 1. The molecule has 0 saturated carbocycles. The van der Waals surface area contributed by atoms with Crippen LogP contribution in [0.15, 0.2) is 142 Å². The van der Waals surface area contributed by atoms with E-state index in [4.69, 9.17) is 14.6 Å². The van der Waals surface area contributed by atoms with Crippen molar-refractivity contribution in [1.82, 2.24) is 15.2 Å². The van der Waals surface area contributed by atoms with Gasteiger partial charge in [0.15, 0.2) is 23.2 Å². The number of carbonyl (C=O) groups excluding carboxylic acids is 3. The zero-order valence-electron chi connectivity index (χ0n) is 35.4. The van der Waals surface area contributed by atoms with E-state index < -0.39 is 51.9 Å². The van der Waals surface area contributed by atoms with Gasteiger partial charge in [0, 0.05) is 33.9 Å². The largest absolute Gasteiger partial charge is 1.00 e. The molecule has 2 aliphatic rings. The molecule has 2 atom stereocenters. The number of rotatable bonds is 15. The molecule has 1 saturated heterocycles. The Labute approximate surface area is 389 Å². The van der Waals surface area contributed by atoms with Gasteiger partial charge < -0.3 is 42.3 Å². The molecule has 5 aromatic rings. The number of aryl methyl sites for hydroxylation is 1. The lowest BCUT2D eigenvalue weighted by Crippen LogP contribution is -3.00. The number of aromatic nitrogens is 2. The van der Waals surface area contributed by atoms with Crippen molar-refractivity contribution in [3.63, 3.8) is 0 Å². The minimum absolute atomic E-state index is 0. The van der Waals surface area contributed by atoms with Gasteiger partial charge in [-0.25, -0.2) is 19.1 Å². The normalized spacial score (nSPS) is 16.6. The highest BCUT2D eigenvalue weighted by atomic mass is 79.9. The predicted molar refractivity (Wildman–Crippen MR) is 241 cm³/mol. The number of thioether (sulfide) groups is 2. The van der Waals surface area contributed by atoms with Crippen LogP contribution in [0.3, 0.4) is 0 Å². The molecule has 0 unspecified atom stereocenters. The van der Waals surface area contributed by atoms with Gasteiger partial charge in [-0.2, -0.15) is 0 Å². The standard InChI is InChI=1S/C46H46N6O7S3.BrH/c1-44(2,3)58-42(57)45(4,5)59-50-35(38(53)48-36-39(54)52-37(41(55)56)29(27-61-40(36)52)26-60-33-22-24-51(6)25-23-33)34-28-62-43(47-34)49-46(30-16-10-7-11-17-30,31-18-12-8-13-19-31)32-20-14-9-15-21-32;/h7-25,28,36,40H,26-27H2,1-6H3,(H2-,47,48,49,53,55,56);1H/b50-35-;/t36-,40-;/m1./s1. The summed E-state index contributed by atoms with van der Waals surface area (Å²) >= 11 is 4.08. The second-order valence-corrected chi connectivity index (χ2v) is 19.2. The zero-order chi connectivity index (χ0) is 44.2. The molecule has 17 heteroatoms. The van der Waals surface area contributed by atoms with Gasteiger partial charge in [-0.15, -0.1) is 34.9 Å². The van der Waals surface area contributed by atoms with E-state index in [1.54, 1.807) is 26.2 Å². The molecule has 0 spiro atoms. The number of aliphatic carboxylic acids is 1. The maximum absolute atomic E-state index is 14.4. The van der Waals surface area contributed by atoms with E-state index in [1.165, 1.54) is 53.6 Å². The van der Waals surface area contributed by atoms with Crippen molar-refractivity contribution < 1.29 is 55.4 Å². The summed E-state index contributed by atoms with van der Waals surface area (Å²) < 4.78 is 7.48. The van der Waals surface area contributed by atoms with Crippen molar-refractivity contribution in [3.8, 4) is 0 Å². The zero-order valence-corrected chi connectivity index (χ0v) is 39.4. The van der Waals surface area contributed by atoms with E-state index in [9.17, 15) is 24.3 Å². The van der Waals surface area contributed by atoms with Gasteiger partial charge in [-0.1, -0.05) is 96.2 Å². The second kappa shape index (κ2) is 19.5. The van der Waals surface area contributed by atoms with E-state index in [1.807, 2.05) is 127 Å². The number of carboxylic acid groups (broad SMARTS) is 1. The van der Waals surface area contributed by atoms with Crippen LogP contribution in [0.5, 0.6) is 0 Å². The van der Waals surface area contributed by atoms with Crippen LogP contribution in [0.2, 0.25) is 0 Å². The number of benzene rings is 3. The molecule has 0 radical (unpaired) electrons. The SMILES string of the molecule is C[n+]1ccc(SCC2=C(C(=O)O)N3C(=O)[C@@H](NC(=O)/C(=N\OC(C)(C)C(=O)OC(C)(C)C)c4csc(NC(c5ccccc5)(c5ccccc5)c5ccccc5)n4)[C@H]3SC2)cc1.[Br-]. The summed E-state index contributed by atoms with van der Waals surface area (Å²) in [4.78, 5) is 66.9. The van der Waals surface area contributed by atoms with Gasteiger partial charge in [0.1, 0.15) is 41.0 Å². The number of nitrogens with zero attached hydrogens (tertiary/aromatic N) is 4. The number of hydrogen-bond donors (Lipinski definition) is 3. The summed E-state index contributed by atoms with van der Waals surface area (Å²) in [5.74, 6) is -2.59. The molecule has 0 aliphatic carbocycles. The number of halogens is 1. The third-order valence-electron chi connectivity index (χ3n) is 10.0. The highest BCUT2D eigenvalue weighted by molar-refractivity contribution is 8.01. The topological polar surface area (TPSA) is 163 Å². The highest BCUT2D eigenvalue weighted by Crippen LogP contribution is 2.43. The van der Waals surface area contributed by atoms with Crippen LogP contribution in [0.25, 0.3) is 0 Å². The van der Waals surface area contributed by atoms with Crippen LogP contribution in [-0.2, 0) is 41.3 Å². The Morgan fingerprint density at radius 3 is 1.98 bits per heavy atom. The number of hydrogen-bond acceptors (Lipinski definition) is 12. The Morgan fingerprint density at radius 1 is 0.905 bits per heavy atom. The molecule has 3 aromatic carbocycles. The number of carbonyl (C=O) groups is 4. The summed E-state index contributed by atoms with van der Waals surface area (Å²) in [6.45, 7) is 8.13. The second-order valence-electron chi connectivity index (χ2n) is 16.2. The van der Waals surface area contributed by atoms with Crippen molar-refractivity contribution in [2.45, 2.75) is 67.7 Å². The van der Waals surface area contributed by atoms with Crippen molar-refractivity contribution >= 4 is 69.5 Å². The van der Waals surface area contributed by atoms with Gasteiger partial charge in [0.2, 0.25) is 5.60 Å². The van der Waals surface area contributed by atoms with E-state index >= 15 is 0 Å². The molecule has 3 N–H and O–H groups in total. The van der Waals surface area contributed by atoms with E-state index in [2.05, 4.69) is 15.8 Å². The third-order valence-corrected chi connectivity index (χ3v) is 13.2. The van der Waals surface area contributed by atoms with E-state index in [-0.39, 0.29) is 34.1 Å². The van der Waals surface area contributed by atoms with Crippen LogP contribution in [0.1, 0.15) is 57.0 Å². The van der Waals surface area contributed by atoms with Crippen LogP contribution < -0.4 is 32.2 Å². The maximum Gasteiger partial charge on any atom is 0.353 e. The lowest BCUT2D eigenvalue weighted by molar-refractivity contribution is -0.671. The lowest BCUT2D eigenvalue weighted by atomic mass is 9.77. The average Bonchev–Trinajstić information content (AvgIpc) is 3.72. The predicted octanol–water partition coefficient (Wildman–Crippen LogP) is 3.75. The number of esters is 1. The molecule has 7 rings (SSSR count). The maximum atomic E-state index is 14.4. The number of anilines is 1. The number of pyridine rings is 1. The monoisotopic (exact) mass is 970 g/mol. The van der Waals surface area contributed by atoms with Crippen LogP contribution >= 0.6 is 34.9 Å². The summed E-state index contributed by atoms with van der Waals surface area (Å²) in [7, 11) is 1.91. The van der Waals surface area contributed by atoms with Gasteiger partial charge in [-0.3, -0.25) is 14.5 Å². The molecule has 2 amide bonds. The Bertz CT molecular complexity index is 2420. The van der Waals surface area contributed by atoms with Crippen molar-refractivity contribution in [3.05, 3.63) is 155 Å². The Hall–Kier alpha value is -5.49. The quantitative estimate of drug-likeness (QED) is 0.0267. The summed E-state index contributed by atoms with van der Waals surface area (Å²) in [6.07, 6.45) is 3.81. The molecule has 4 heterocycles. The molecule has 1 fully saturated rings. The summed E-state index contributed by atoms with van der Waals surface area (Å²) in [5.41, 5.74) is -0.239. The first-order valence-corrected chi connectivity index (χ1v) is 22.7. The number of ether oxygens (including phenoxy) is 1. The van der Waals surface area contributed by atoms with Crippen LogP contribution in [0, 0.1) is 0 Å². The van der Waals surface area contributed by atoms with Gasteiger partial charge >= 0.3 is 11.9 Å². The lowest BCUT2D eigenvalue weighted by Gasteiger charge is -2.49.